The highest BCUT2D eigenvalue weighted by atomic mass is 16.6. The molecule has 3 unspecified atom stereocenters. The van der Waals surface area contributed by atoms with Crippen LogP contribution in [0, 0.1) is 5.92 Å². The van der Waals surface area contributed by atoms with E-state index in [1.807, 2.05) is 44.8 Å². The van der Waals surface area contributed by atoms with Crippen LogP contribution in [0.3, 0.4) is 0 Å². The number of hydrazine groups is 1. The molecule has 5 heteroatoms. The van der Waals surface area contributed by atoms with E-state index in [0.717, 1.165) is 19.4 Å². The predicted molar refractivity (Wildman–Crippen MR) is 88.5 cm³/mol. The molecule has 1 N–H and O–H groups in total. The van der Waals surface area contributed by atoms with E-state index in [-0.39, 0.29) is 6.09 Å². The fraction of sp³-hybridized carbons (Fsp3) is 0.941. The highest BCUT2D eigenvalue weighted by Gasteiger charge is 2.40. The van der Waals surface area contributed by atoms with Crippen molar-refractivity contribution in [2.45, 2.75) is 77.0 Å². The van der Waals surface area contributed by atoms with Gasteiger partial charge < -0.3 is 9.64 Å². The van der Waals surface area contributed by atoms with Crippen molar-refractivity contribution >= 4 is 6.09 Å². The molecule has 2 aliphatic rings. The fourth-order valence-corrected chi connectivity index (χ4v) is 3.89. The van der Waals surface area contributed by atoms with E-state index in [1.165, 1.54) is 25.7 Å². The molecule has 1 amide bonds. The Morgan fingerprint density at radius 1 is 1.14 bits per heavy atom. The van der Waals surface area contributed by atoms with E-state index in [2.05, 4.69) is 5.43 Å². The maximum Gasteiger partial charge on any atom is 0.410 e. The minimum atomic E-state index is -0.421. The number of likely N-dealkylation sites (tertiary alicyclic amines) is 1. The maximum absolute atomic E-state index is 12.6. The lowest BCUT2D eigenvalue weighted by Crippen LogP contribution is -2.54. The average Bonchev–Trinajstić information content (AvgIpc) is 2.84. The first-order valence-electron chi connectivity index (χ1n) is 8.71. The highest BCUT2D eigenvalue weighted by Crippen LogP contribution is 2.36. The van der Waals surface area contributed by atoms with Gasteiger partial charge in [0.25, 0.3) is 0 Å². The van der Waals surface area contributed by atoms with Gasteiger partial charge in [0.2, 0.25) is 0 Å². The van der Waals surface area contributed by atoms with Crippen molar-refractivity contribution in [3.8, 4) is 0 Å². The molecule has 0 aromatic carbocycles. The second-order valence-electron chi connectivity index (χ2n) is 7.96. The first-order valence-corrected chi connectivity index (χ1v) is 8.71. The lowest BCUT2D eigenvalue weighted by molar-refractivity contribution is -0.00193. The van der Waals surface area contributed by atoms with Gasteiger partial charge in [-0.1, -0.05) is 6.42 Å². The van der Waals surface area contributed by atoms with Gasteiger partial charge in [0.05, 0.1) is 0 Å². The van der Waals surface area contributed by atoms with Gasteiger partial charge in [0.15, 0.2) is 0 Å². The third kappa shape index (κ3) is 4.59. The largest absolute Gasteiger partial charge is 0.444 e. The molecule has 0 bridgehead atoms. The lowest BCUT2D eigenvalue weighted by atomic mass is 9.87. The minimum Gasteiger partial charge on any atom is -0.444 e. The summed E-state index contributed by atoms with van der Waals surface area (Å²) in [5, 5.41) is 2.05. The van der Waals surface area contributed by atoms with E-state index in [4.69, 9.17) is 4.74 Å². The van der Waals surface area contributed by atoms with Crippen LogP contribution >= 0.6 is 0 Å². The topological polar surface area (TPSA) is 44.8 Å². The zero-order chi connectivity index (χ0) is 16.3. The molecule has 1 aliphatic heterocycles. The number of nitrogens with zero attached hydrogens (tertiary/aromatic N) is 2. The standard InChI is InChI=1S/C17H33N3O2/c1-17(2,3)22-16(21)20-12-7-6-11-15(20)13-9-8-10-14(13)18-19(4)5/h13-15,18H,6-12H2,1-5H3. The van der Waals surface area contributed by atoms with Crippen molar-refractivity contribution in [1.29, 1.82) is 0 Å². The Balaban J connectivity index is 2.07. The molecule has 0 spiro atoms. The van der Waals surface area contributed by atoms with Gasteiger partial charge in [-0.15, -0.1) is 0 Å². The van der Waals surface area contributed by atoms with Gasteiger partial charge >= 0.3 is 6.09 Å². The number of carbonyl (C=O) groups excluding carboxylic acids is 1. The molecule has 0 radical (unpaired) electrons. The number of hydrogen-bond donors (Lipinski definition) is 1. The van der Waals surface area contributed by atoms with Crippen molar-refractivity contribution in [3.05, 3.63) is 0 Å². The zero-order valence-electron chi connectivity index (χ0n) is 14.9. The number of piperidine rings is 1. The van der Waals surface area contributed by atoms with Crippen molar-refractivity contribution in [2.75, 3.05) is 20.6 Å². The summed E-state index contributed by atoms with van der Waals surface area (Å²) in [6.07, 6.45) is 6.93. The molecule has 0 aromatic heterocycles. The van der Waals surface area contributed by atoms with Crippen molar-refractivity contribution < 1.29 is 9.53 Å². The first-order chi connectivity index (χ1) is 10.3. The molecule has 128 valence electrons. The molecule has 1 aliphatic carbocycles. The molecule has 3 atom stereocenters. The van der Waals surface area contributed by atoms with Crippen molar-refractivity contribution in [3.63, 3.8) is 0 Å². The summed E-state index contributed by atoms with van der Waals surface area (Å²) in [5.74, 6) is 0.537. The van der Waals surface area contributed by atoms with Gasteiger partial charge in [-0.25, -0.2) is 4.79 Å². The summed E-state index contributed by atoms with van der Waals surface area (Å²) in [6, 6.07) is 0.798. The number of hydrogen-bond acceptors (Lipinski definition) is 4. The molecule has 1 saturated heterocycles. The van der Waals surface area contributed by atoms with Gasteiger partial charge in [0.1, 0.15) is 5.60 Å². The summed E-state index contributed by atoms with van der Waals surface area (Å²) < 4.78 is 5.64. The fourth-order valence-electron chi connectivity index (χ4n) is 3.89. The van der Waals surface area contributed by atoms with Crippen LogP contribution in [0.25, 0.3) is 0 Å². The van der Waals surface area contributed by atoms with Crippen LogP contribution in [0.4, 0.5) is 4.79 Å². The summed E-state index contributed by atoms with van der Waals surface area (Å²) in [5.41, 5.74) is 3.13. The Morgan fingerprint density at radius 2 is 1.86 bits per heavy atom. The Kier molecular flexibility index (Phi) is 5.72. The normalized spacial score (nSPS) is 29.9. The maximum atomic E-state index is 12.6. The van der Waals surface area contributed by atoms with Gasteiger partial charge in [-0.05, 0) is 58.8 Å². The van der Waals surface area contributed by atoms with E-state index >= 15 is 0 Å². The predicted octanol–water partition coefficient (Wildman–Crippen LogP) is 3.01. The van der Waals surface area contributed by atoms with Crippen LogP contribution in [0.5, 0.6) is 0 Å². The molecular formula is C17H33N3O2. The second kappa shape index (κ2) is 7.18. The smallest absolute Gasteiger partial charge is 0.410 e. The number of ether oxygens (including phenoxy) is 1. The zero-order valence-corrected chi connectivity index (χ0v) is 14.9. The number of carbonyl (C=O) groups is 1. The second-order valence-corrected chi connectivity index (χ2v) is 7.96. The van der Waals surface area contributed by atoms with Crippen LogP contribution in [-0.4, -0.2) is 54.3 Å². The Bertz CT molecular complexity index is 379. The minimum absolute atomic E-state index is 0.132. The SMILES string of the molecule is CN(C)NC1CCCC1C1CCCCN1C(=O)OC(C)(C)C. The monoisotopic (exact) mass is 311 g/mol. The van der Waals surface area contributed by atoms with Crippen LogP contribution in [0.15, 0.2) is 0 Å². The third-order valence-electron chi connectivity index (χ3n) is 4.66. The number of rotatable bonds is 3. The molecule has 2 fully saturated rings. The van der Waals surface area contributed by atoms with Crippen LogP contribution in [-0.2, 0) is 4.74 Å². The molecule has 1 heterocycles. The summed E-state index contributed by atoms with van der Waals surface area (Å²) in [7, 11) is 4.09. The number of amides is 1. The number of nitrogens with one attached hydrogen (secondary N) is 1. The first kappa shape index (κ1) is 17.5. The van der Waals surface area contributed by atoms with E-state index in [1.54, 1.807) is 0 Å². The quantitative estimate of drug-likeness (QED) is 0.814. The van der Waals surface area contributed by atoms with Crippen LogP contribution in [0.2, 0.25) is 0 Å². The molecule has 0 aromatic rings. The highest BCUT2D eigenvalue weighted by molar-refractivity contribution is 5.68. The van der Waals surface area contributed by atoms with E-state index in [9.17, 15) is 4.79 Å². The molecule has 5 nitrogen and oxygen atoms in total. The third-order valence-corrected chi connectivity index (χ3v) is 4.66. The molecule has 2 rings (SSSR count). The van der Waals surface area contributed by atoms with Gasteiger partial charge in [-0.3, -0.25) is 10.4 Å². The van der Waals surface area contributed by atoms with E-state index in [0.29, 0.717) is 18.0 Å². The van der Waals surface area contributed by atoms with Crippen molar-refractivity contribution in [2.24, 2.45) is 5.92 Å². The molecule has 1 saturated carbocycles. The molecule has 22 heavy (non-hydrogen) atoms. The average molecular weight is 311 g/mol. The summed E-state index contributed by atoms with van der Waals surface area (Å²) >= 11 is 0. The molecular weight excluding hydrogens is 278 g/mol. The van der Waals surface area contributed by atoms with Gasteiger partial charge in [0, 0.05) is 32.7 Å². The van der Waals surface area contributed by atoms with Gasteiger partial charge in [-0.2, -0.15) is 0 Å². The van der Waals surface area contributed by atoms with Crippen LogP contribution in [0.1, 0.15) is 59.3 Å². The Labute approximate surface area is 135 Å². The summed E-state index contributed by atoms with van der Waals surface area (Å²) in [4.78, 5) is 14.6. The lowest BCUT2D eigenvalue weighted by Gasteiger charge is -2.42. The Morgan fingerprint density at radius 3 is 2.50 bits per heavy atom. The van der Waals surface area contributed by atoms with Crippen LogP contribution < -0.4 is 5.43 Å². The Hall–Kier alpha value is -0.810. The van der Waals surface area contributed by atoms with E-state index < -0.39 is 5.60 Å². The van der Waals surface area contributed by atoms with Crippen molar-refractivity contribution in [1.82, 2.24) is 15.3 Å². The summed E-state index contributed by atoms with van der Waals surface area (Å²) in [6.45, 7) is 6.66.